The molecule has 3 atom stereocenters. The van der Waals surface area contributed by atoms with Gasteiger partial charge in [0, 0.05) is 0 Å². The summed E-state index contributed by atoms with van der Waals surface area (Å²) in [6.45, 7) is 0. The topological polar surface area (TPSA) is 0 Å². The van der Waals surface area contributed by atoms with Crippen molar-refractivity contribution in [1.82, 2.24) is 0 Å². The summed E-state index contributed by atoms with van der Waals surface area (Å²) in [6.07, 6.45) is 22.7. The van der Waals surface area contributed by atoms with Gasteiger partial charge >= 0.3 is 0 Å². The van der Waals surface area contributed by atoms with E-state index >= 15 is 0 Å². The minimum absolute atomic E-state index is 0.670. The maximum absolute atomic E-state index is 2.75. The Labute approximate surface area is 171 Å². The first-order valence-corrected chi connectivity index (χ1v) is 12.4. The second-order valence-corrected chi connectivity index (χ2v) is 12.3. The Hall–Kier alpha value is -1.04. The zero-order valence-corrected chi connectivity index (χ0v) is 17.4. The van der Waals surface area contributed by atoms with Gasteiger partial charge in [0.15, 0.2) is 0 Å². The SMILES string of the molecule is C(=CC1C2CC3CC(C2)CC1(C12CC4CC(CC(C4)C1)C2)C3)c1ccccc1. The Balaban J connectivity index is 1.31. The van der Waals surface area contributed by atoms with E-state index in [9.17, 15) is 0 Å². The van der Waals surface area contributed by atoms with Gasteiger partial charge in [-0.3, -0.25) is 0 Å². The molecule has 0 amide bonds. The maximum atomic E-state index is 2.75. The second kappa shape index (κ2) is 5.77. The number of benzene rings is 1. The molecule has 148 valence electrons. The van der Waals surface area contributed by atoms with Crippen LogP contribution in [0.1, 0.15) is 76.2 Å². The molecule has 0 aliphatic heterocycles. The maximum Gasteiger partial charge on any atom is -0.0139 e. The summed E-state index contributed by atoms with van der Waals surface area (Å²) in [5, 5.41) is 0. The lowest BCUT2D eigenvalue weighted by molar-refractivity contribution is -0.220. The summed E-state index contributed by atoms with van der Waals surface area (Å²) in [6, 6.07) is 11.1. The molecule has 0 heteroatoms. The standard InChI is InChI=1S/C28H36/c1-2-4-19(5-3-1)6-7-26-25-12-23-11-24(13-25)18-28(26,17-23)27-14-20-8-21(15-27)10-22(9-20)16-27/h1-7,20-26H,8-18H2. The van der Waals surface area contributed by atoms with Gasteiger partial charge in [0.2, 0.25) is 0 Å². The van der Waals surface area contributed by atoms with Crippen LogP contribution in [0, 0.1) is 52.3 Å². The predicted molar refractivity (Wildman–Crippen MR) is 116 cm³/mol. The van der Waals surface area contributed by atoms with Gasteiger partial charge in [-0.25, -0.2) is 0 Å². The van der Waals surface area contributed by atoms with Crippen LogP contribution in [0.5, 0.6) is 0 Å². The minimum Gasteiger partial charge on any atom is -0.0800 e. The fraction of sp³-hybridized carbons (Fsp3) is 0.714. The third-order valence-corrected chi connectivity index (χ3v) is 10.8. The third-order valence-electron chi connectivity index (χ3n) is 10.8. The molecule has 8 fully saturated rings. The van der Waals surface area contributed by atoms with Crippen molar-refractivity contribution in [2.24, 2.45) is 52.3 Å². The van der Waals surface area contributed by atoms with E-state index in [4.69, 9.17) is 0 Å². The lowest BCUT2D eigenvalue weighted by Crippen LogP contribution is -2.64. The molecule has 0 nitrogen and oxygen atoms in total. The molecule has 0 radical (unpaired) electrons. The quantitative estimate of drug-likeness (QED) is 0.520. The van der Waals surface area contributed by atoms with Crippen molar-refractivity contribution in [2.75, 3.05) is 0 Å². The molecular formula is C28H36. The molecule has 1 aromatic carbocycles. The van der Waals surface area contributed by atoms with Crippen LogP contribution in [-0.2, 0) is 0 Å². The van der Waals surface area contributed by atoms with Crippen molar-refractivity contribution >= 4 is 6.08 Å². The van der Waals surface area contributed by atoms with E-state index in [1.807, 2.05) is 0 Å². The highest BCUT2D eigenvalue weighted by atomic mass is 14.7. The minimum atomic E-state index is 0.670. The Kier molecular flexibility index (Phi) is 3.44. The molecule has 8 bridgehead atoms. The Morgan fingerprint density at radius 1 is 0.643 bits per heavy atom. The first-order valence-electron chi connectivity index (χ1n) is 12.4. The normalized spacial score (nSPS) is 53.4. The number of rotatable bonds is 3. The lowest BCUT2D eigenvalue weighted by Gasteiger charge is -2.72. The van der Waals surface area contributed by atoms with Gasteiger partial charge in [-0.2, -0.15) is 0 Å². The zero-order valence-electron chi connectivity index (χ0n) is 17.4. The van der Waals surface area contributed by atoms with Gasteiger partial charge < -0.3 is 0 Å². The van der Waals surface area contributed by atoms with Crippen LogP contribution in [0.2, 0.25) is 0 Å². The van der Waals surface area contributed by atoms with Crippen molar-refractivity contribution in [3.05, 3.63) is 42.0 Å². The van der Waals surface area contributed by atoms with E-state index in [2.05, 4.69) is 42.5 Å². The molecule has 8 saturated carbocycles. The Morgan fingerprint density at radius 3 is 1.75 bits per heavy atom. The number of allylic oxidation sites excluding steroid dienone is 1. The van der Waals surface area contributed by atoms with Gasteiger partial charge in [-0.1, -0.05) is 42.5 Å². The van der Waals surface area contributed by atoms with E-state index in [1.165, 1.54) is 5.56 Å². The number of hydrogen-bond acceptors (Lipinski definition) is 0. The average Bonchev–Trinajstić information content (AvgIpc) is 2.66. The molecule has 0 aromatic heterocycles. The van der Waals surface area contributed by atoms with E-state index in [0.29, 0.717) is 5.41 Å². The first-order chi connectivity index (χ1) is 13.7. The summed E-state index contributed by atoms with van der Waals surface area (Å²) in [4.78, 5) is 0. The second-order valence-electron chi connectivity index (χ2n) is 12.3. The third kappa shape index (κ3) is 2.24. The van der Waals surface area contributed by atoms with Crippen molar-refractivity contribution < 1.29 is 0 Å². The van der Waals surface area contributed by atoms with Crippen LogP contribution in [0.4, 0.5) is 0 Å². The van der Waals surface area contributed by atoms with E-state index in [0.717, 1.165) is 46.8 Å². The monoisotopic (exact) mass is 372 g/mol. The highest BCUT2D eigenvalue weighted by Gasteiger charge is 2.67. The molecule has 1 aromatic rings. The number of hydrogen-bond donors (Lipinski definition) is 0. The molecule has 0 spiro atoms. The fourth-order valence-electron chi connectivity index (χ4n) is 10.7. The van der Waals surface area contributed by atoms with Crippen LogP contribution in [0.25, 0.3) is 6.08 Å². The molecule has 3 unspecified atom stereocenters. The van der Waals surface area contributed by atoms with Gasteiger partial charge in [0.05, 0.1) is 0 Å². The largest absolute Gasteiger partial charge is 0.0800 e. The first kappa shape index (κ1) is 16.7. The Morgan fingerprint density at radius 2 is 1.18 bits per heavy atom. The molecule has 28 heavy (non-hydrogen) atoms. The zero-order chi connectivity index (χ0) is 18.3. The van der Waals surface area contributed by atoms with Gasteiger partial charge in [0.25, 0.3) is 0 Å². The van der Waals surface area contributed by atoms with Crippen LogP contribution < -0.4 is 0 Å². The van der Waals surface area contributed by atoms with Crippen LogP contribution in [0.15, 0.2) is 36.4 Å². The van der Waals surface area contributed by atoms with Crippen LogP contribution in [0.3, 0.4) is 0 Å². The smallest absolute Gasteiger partial charge is 0.0139 e. The van der Waals surface area contributed by atoms with Gasteiger partial charge in [-0.05, 0) is 128 Å². The van der Waals surface area contributed by atoms with E-state index in [1.54, 1.807) is 70.6 Å². The van der Waals surface area contributed by atoms with Crippen molar-refractivity contribution in [1.29, 1.82) is 0 Å². The van der Waals surface area contributed by atoms with Gasteiger partial charge in [-0.15, -0.1) is 0 Å². The molecule has 0 N–H and O–H groups in total. The highest BCUT2D eigenvalue weighted by molar-refractivity contribution is 5.49. The van der Waals surface area contributed by atoms with E-state index < -0.39 is 0 Å². The Bertz CT molecular complexity index is 736. The molecular weight excluding hydrogens is 336 g/mol. The highest BCUT2D eigenvalue weighted by Crippen LogP contribution is 2.76. The van der Waals surface area contributed by atoms with Gasteiger partial charge in [0.1, 0.15) is 0 Å². The summed E-state index contributed by atoms with van der Waals surface area (Å²) in [5.41, 5.74) is 2.81. The summed E-state index contributed by atoms with van der Waals surface area (Å²) < 4.78 is 0. The van der Waals surface area contributed by atoms with Crippen LogP contribution >= 0.6 is 0 Å². The van der Waals surface area contributed by atoms with Crippen molar-refractivity contribution in [3.8, 4) is 0 Å². The van der Waals surface area contributed by atoms with Crippen LogP contribution in [-0.4, -0.2) is 0 Å². The molecule has 0 saturated heterocycles. The summed E-state index contributed by atoms with van der Waals surface area (Å²) in [7, 11) is 0. The van der Waals surface area contributed by atoms with Crippen molar-refractivity contribution in [3.63, 3.8) is 0 Å². The summed E-state index contributed by atoms with van der Waals surface area (Å²) >= 11 is 0. The fourth-order valence-corrected chi connectivity index (χ4v) is 10.7. The lowest BCUT2D eigenvalue weighted by atomic mass is 9.32. The molecule has 0 heterocycles. The molecule has 9 rings (SSSR count). The average molecular weight is 373 g/mol. The van der Waals surface area contributed by atoms with E-state index in [-0.39, 0.29) is 0 Å². The van der Waals surface area contributed by atoms with Crippen molar-refractivity contribution in [2.45, 2.75) is 70.6 Å². The molecule has 8 aliphatic rings. The molecule has 8 aliphatic carbocycles. The predicted octanol–water partition coefficient (Wildman–Crippen LogP) is 7.36. The summed E-state index contributed by atoms with van der Waals surface area (Å²) in [5.74, 6) is 7.31.